The molecular weight excluding hydrogens is 402 g/mol. The standard InChI is InChI=1S/C26H23N3O3/c1-18-27-23-15-20(11-12-24(23)29(18)22-9-3-2-4-10-22)26(31)32-17-25(30)28-14-13-19-7-5-6-8-21(19)16-28/h2-12,15H,13-14,16-17H2,1H3. The SMILES string of the molecule is Cc1nc2cc(C(=O)OCC(=O)N3CCc4ccccc4C3)ccc2n1-c1ccccc1. The van der Waals surface area contributed by atoms with Crippen molar-refractivity contribution in [1.82, 2.24) is 14.5 Å². The number of esters is 1. The molecule has 160 valence electrons. The number of fused-ring (bicyclic) bond motifs is 2. The monoisotopic (exact) mass is 425 g/mol. The molecule has 0 atom stereocenters. The Morgan fingerprint density at radius 1 is 0.969 bits per heavy atom. The number of imidazole rings is 1. The van der Waals surface area contributed by atoms with Gasteiger partial charge < -0.3 is 9.64 Å². The normalized spacial score (nSPS) is 13.1. The van der Waals surface area contributed by atoms with Crippen LogP contribution in [0.5, 0.6) is 0 Å². The molecule has 6 nitrogen and oxygen atoms in total. The van der Waals surface area contributed by atoms with Crippen molar-refractivity contribution >= 4 is 22.9 Å². The van der Waals surface area contributed by atoms with E-state index in [1.165, 1.54) is 5.56 Å². The van der Waals surface area contributed by atoms with Gasteiger partial charge in [-0.25, -0.2) is 9.78 Å². The third-order valence-electron chi connectivity index (χ3n) is 5.88. The zero-order valence-electron chi connectivity index (χ0n) is 17.8. The maximum atomic E-state index is 12.6. The summed E-state index contributed by atoms with van der Waals surface area (Å²) in [5.41, 5.74) is 5.43. The van der Waals surface area contributed by atoms with Crippen molar-refractivity contribution in [1.29, 1.82) is 0 Å². The first-order chi connectivity index (χ1) is 15.6. The van der Waals surface area contributed by atoms with Crippen molar-refractivity contribution in [2.45, 2.75) is 19.9 Å². The van der Waals surface area contributed by atoms with Crippen molar-refractivity contribution in [3.8, 4) is 5.69 Å². The van der Waals surface area contributed by atoms with E-state index in [0.717, 1.165) is 29.0 Å². The van der Waals surface area contributed by atoms with E-state index in [1.807, 2.05) is 66.1 Å². The van der Waals surface area contributed by atoms with Crippen molar-refractivity contribution in [3.05, 3.63) is 95.3 Å². The average Bonchev–Trinajstić information content (AvgIpc) is 3.17. The van der Waals surface area contributed by atoms with Crippen LogP contribution in [0.15, 0.2) is 72.8 Å². The minimum Gasteiger partial charge on any atom is -0.452 e. The van der Waals surface area contributed by atoms with Crippen LogP contribution in [0.4, 0.5) is 0 Å². The first kappa shape index (κ1) is 20.0. The number of carbonyl (C=O) groups excluding carboxylic acids is 2. The maximum Gasteiger partial charge on any atom is 0.338 e. The minimum absolute atomic E-state index is 0.182. The van der Waals surface area contributed by atoms with Crippen LogP contribution in [0.2, 0.25) is 0 Å². The van der Waals surface area contributed by atoms with Crippen LogP contribution in [0.3, 0.4) is 0 Å². The van der Waals surface area contributed by atoms with E-state index in [1.54, 1.807) is 17.0 Å². The van der Waals surface area contributed by atoms with Gasteiger partial charge in [0.1, 0.15) is 5.82 Å². The number of amides is 1. The Bertz CT molecular complexity index is 1310. The van der Waals surface area contributed by atoms with Crippen molar-refractivity contribution in [2.75, 3.05) is 13.2 Å². The Labute approximate surface area is 186 Å². The van der Waals surface area contributed by atoms with Gasteiger partial charge in [-0.2, -0.15) is 0 Å². The molecule has 0 unspecified atom stereocenters. The van der Waals surface area contributed by atoms with Gasteiger partial charge in [0.15, 0.2) is 6.61 Å². The lowest BCUT2D eigenvalue weighted by atomic mass is 10.00. The minimum atomic E-state index is -0.524. The van der Waals surface area contributed by atoms with Gasteiger partial charge in [0.25, 0.3) is 5.91 Å². The third kappa shape index (κ3) is 3.75. The third-order valence-corrected chi connectivity index (χ3v) is 5.88. The Kier molecular flexibility index (Phi) is 5.19. The predicted molar refractivity (Wildman–Crippen MR) is 122 cm³/mol. The molecule has 0 aliphatic carbocycles. The lowest BCUT2D eigenvalue weighted by molar-refractivity contribution is -0.135. The molecule has 0 N–H and O–H groups in total. The second-order valence-electron chi connectivity index (χ2n) is 7.94. The number of aryl methyl sites for hydroxylation is 1. The molecule has 1 aromatic heterocycles. The van der Waals surface area contributed by atoms with Crippen LogP contribution in [-0.2, 0) is 22.5 Å². The molecule has 0 radical (unpaired) electrons. The number of aromatic nitrogens is 2. The quantitative estimate of drug-likeness (QED) is 0.462. The van der Waals surface area contributed by atoms with Gasteiger partial charge in [0, 0.05) is 18.8 Å². The van der Waals surface area contributed by atoms with E-state index in [-0.39, 0.29) is 12.5 Å². The molecule has 32 heavy (non-hydrogen) atoms. The Hall–Kier alpha value is -3.93. The molecule has 6 heteroatoms. The fraction of sp³-hybridized carbons (Fsp3) is 0.192. The van der Waals surface area contributed by atoms with E-state index in [9.17, 15) is 9.59 Å². The first-order valence-corrected chi connectivity index (χ1v) is 10.7. The number of ether oxygens (including phenoxy) is 1. The van der Waals surface area contributed by atoms with Crippen LogP contribution in [0.1, 0.15) is 27.3 Å². The molecule has 0 spiro atoms. The van der Waals surface area contributed by atoms with Crippen molar-refractivity contribution in [3.63, 3.8) is 0 Å². The summed E-state index contributed by atoms with van der Waals surface area (Å²) < 4.78 is 7.38. The van der Waals surface area contributed by atoms with Gasteiger partial charge in [0.2, 0.25) is 0 Å². The smallest absolute Gasteiger partial charge is 0.338 e. The summed E-state index contributed by atoms with van der Waals surface area (Å²) in [6.07, 6.45) is 0.815. The predicted octanol–water partition coefficient (Wildman–Crippen LogP) is 4.08. The lowest BCUT2D eigenvalue weighted by Crippen LogP contribution is -2.38. The van der Waals surface area contributed by atoms with E-state index in [0.29, 0.717) is 24.2 Å². The van der Waals surface area contributed by atoms with E-state index in [2.05, 4.69) is 11.1 Å². The summed E-state index contributed by atoms with van der Waals surface area (Å²) in [6.45, 7) is 2.85. The van der Waals surface area contributed by atoms with Crippen molar-refractivity contribution < 1.29 is 14.3 Å². The highest BCUT2D eigenvalue weighted by Gasteiger charge is 2.22. The molecule has 1 amide bonds. The average molecular weight is 425 g/mol. The molecule has 2 heterocycles. The molecule has 1 aliphatic rings. The van der Waals surface area contributed by atoms with Crippen LogP contribution >= 0.6 is 0 Å². The van der Waals surface area contributed by atoms with Gasteiger partial charge in [-0.3, -0.25) is 9.36 Å². The number of benzene rings is 3. The van der Waals surface area contributed by atoms with Crippen LogP contribution in [0, 0.1) is 6.92 Å². The summed E-state index contributed by atoms with van der Waals surface area (Å²) in [4.78, 5) is 31.5. The van der Waals surface area contributed by atoms with Gasteiger partial charge in [0.05, 0.1) is 16.6 Å². The molecule has 4 aromatic rings. The first-order valence-electron chi connectivity index (χ1n) is 10.7. The van der Waals surface area contributed by atoms with Gasteiger partial charge in [-0.05, 0) is 54.8 Å². The summed E-state index contributed by atoms with van der Waals surface area (Å²) in [7, 11) is 0. The largest absolute Gasteiger partial charge is 0.452 e. The highest BCUT2D eigenvalue weighted by atomic mass is 16.5. The van der Waals surface area contributed by atoms with E-state index in [4.69, 9.17) is 4.74 Å². The molecule has 0 saturated carbocycles. The fourth-order valence-electron chi connectivity index (χ4n) is 4.24. The highest BCUT2D eigenvalue weighted by molar-refractivity contribution is 5.95. The van der Waals surface area contributed by atoms with Gasteiger partial charge in [-0.1, -0.05) is 42.5 Å². The number of hydrogen-bond donors (Lipinski definition) is 0. The highest BCUT2D eigenvalue weighted by Crippen LogP contribution is 2.23. The van der Waals surface area contributed by atoms with Crippen molar-refractivity contribution in [2.24, 2.45) is 0 Å². The summed E-state index contributed by atoms with van der Waals surface area (Å²) in [5.74, 6) is 0.125. The van der Waals surface area contributed by atoms with Gasteiger partial charge in [-0.15, -0.1) is 0 Å². The molecule has 0 bridgehead atoms. The van der Waals surface area contributed by atoms with E-state index >= 15 is 0 Å². The van der Waals surface area contributed by atoms with Crippen LogP contribution < -0.4 is 0 Å². The topological polar surface area (TPSA) is 64.4 Å². The van der Waals surface area contributed by atoms with Crippen LogP contribution in [0.25, 0.3) is 16.7 Å². The molecule has 3 aromatic carbocycles. The molecular formula is C26H23N3O3. The Balaban J connectivity index is 1.28. The zero-order valence-corrected chi connectivity index (χ0v) is 17.8. The lowest BCUT2D eigenvalue weighted by Gasteiger charge is -2.28. The number of rotatable bonds is 4. The molecule has 5 rings (SSSR count). The number of para-hydroxylation sites is 1. The summed E-state index contributed by atoms with van der Waals surface area (Å²) in [5, 5.41) is 0. The fourth-order valence-corrected chi connectivity index (χ4v) is 4.24. The zero-order chi connectivity index (χ0) is 22.1. The number of carbonyl (C=O) groups is 2. The second-order valence-corrected chi connectivity index (χ2v) is 7.94. The van der Waals surface area contributed by atoms with Crippen LogP contribution in [-0.4, -0.2) is 39.5 Å². The number of nitrogens with zero attached hydrogens (tertiary/aromatic N) is 3. The molecule has 0 saturated heterocycles. The Morgan fingerprint density at radius 2 is 1.72 bits per heavy atom. The summed E-state index contributed by atoms with van der Waals surface area (Å²) in [6, 6.07) is 23.4. The van der Waals surface area contributed by atoms with E-state index < -0.39 is 5.97 Å². The summed E-state index contributed by atoms with van der Waals surface area (Å²) >= 11 is 0. The second kappa shape index (κ2) is 8.30. The maximum absolute atomic E-state index is 12.6. The molecule has 0 fully saturated rings. The Morgan fingerprint density at radius 3 is 2.53 bits per heavy atom. The molecule has 1 aliphatic heterocycles. The number of hydrogen-bond acceptors (Lipinski definition) is 4. The van der Waals surface area contributed by atoms with Gasteiger partial charge >= 0.3 is 5.97 Å².